The van der Waals surface area contributed by atoms with E-state index in [0.29, 0.717) is 18.1 Å². The Morgan fingerprint density at radius 2 is 1.88 bits per heavy atom. The highest BCUT2D eigenvalue weighted by Gasteiger charge is 2.35. The van der Waals surface area contributed by atoms with Gasteiger partial charge in [-0.1, -0.05) is 13.8 Å². The minimum absolute atomic E-state index is 0.482. The summed E-state index contributed by atoms with van der Waals surface area (Å²) in [5, 5.41) is 3.55. The van der Waals surface area contributed by atoms with E-state index in [0.717, 1.165) is 32.3 Å². The van der Waals surface area contributed by atoms with E-state index < -0.39 is 0 Å². The lowest BCUT2D eigenvalue weighted by Crippen LogP contribution is -2.38. The van der Waals surface area contributed by atoms with Crippen LogP contribution in [0.15, 0.2) is 0 Å². The molecular formula is C13H25NO2. The summed E-state index contributed by atoms with van der Waals surface area (Å²) in [5.41, 5.74) is 0. The summed E-state index contributed by atoms with van der Waals surface area (Å²) in [4.78, 5) is 0. The largest absolute Gasteiger partial charge is 0.381 e. The second kappa shape index (κ2) is 5.99. The topological polar surface area (TPSA) is 30.5 Å². The highest BCUT2D eigenvalue weighted by molar-refractivity contribution is 4.85. The summed E-state index contributed by atoms with van der Waals surface area (Å²) < 4.78 is 11.4. The Morgan fingerprint density at radius 1 is 1.12 bits per heavy atom. The Bertz CT molecular complexity index is 202. The van der Waals surface area contributed by atoms with Gasteiger partial charge in [-0.25, -0.2) is 0 Å². The fourth-order valence-corrected chi connectivity index (χ4v) is 2.83. The molecule has 0 amide bonds. The van der Waals surface area contributed by atoms with Crippen molar-refractivity contribution in [3.8, 4) is 0 Å². The molecule has 16 heavy (non-hydrogen) atoms. The van der Waals surface area contributed by atoms with Gasteiger partial charge in [0.2, 0.25) is 0 Å². The van der Waals surface area contributed by atoms with Gasteiger partial charge in [-0.2, -0.15) is 0 Å². The van der Waals surface area contributed by atoms with Gasteiger partial charge in [0, 0.05) is 38.3 Å². The maximum absolute atomic E-state index is 5.94. The van der Waals surface area contributed by atoms with Crippen molar-refractivity contribution >= 4 is 0 Å². The van der Waals surface area contributed by atoms with Gasteiger partial charge in [0.25, 0.3) is 0 Å². The lowest BCUT2D eigenvalue weighted by molar-refractivity contribution is -0.0188. The van der Waals surface area contributed by atoms with Crippen LogP contribution in [0, 0.1) is 11.8 Å². The molecule has 2 rings (SSSR count). The van der Waals surface area contributed by atoms with Crippen molar-refractivity contribution < 1.29 is 9.47 Å². The Morgan fingerprint density at radius 3 is 2.56 bits per heavy atom. The van der Waals surface area contributed by atoms with Crippen molar-refractivity contribution in [1.29, 1.82) is 0 Å². The smallest absolute Gasteiger partial charge is 0.0646 e. The molecule has 2 aliphatic rings. The number of nitrogens with one attached hydrogen (secondary N) is 1. The monoisotopic (exact) mass is 227 g/mol. The van der Waals surface area contributed by atoms with Crippen molar-refractivity contribution in [2.75, 3.05) is 26.4 Å². The van der Waals surface area contributed by atoms with Gasteiger partial charge in [-0.15, -0.1) is 0 Å². The van der Waals surface area contributed by atoms with Crippen LogP contribution in [0.5, 0.6) is 0 Å². The van der Waals surface area contributed by atoms with Gasteiger partial charge in [0.1, 0.15) is 0 Å². The van der Waals surface area contributed by atoms with Crippen LogP contribution in [0.4, 0.5) is 0 Å². The molecule has 0 aromatic carbocycles. The summed E-state index contributed by atoms with van der Waals surface area (Å²) in [6, 6.07) is 0.580. The molecule has 2 atom stereocenters. The van der Waals surface area contributed by atoms with E-state index in [1.54, 1.807) is 0 Å². The lowest BCUT2D eigenvalue weighted by atomic mass is 9.85. The molecule has 94 valence electrons. The Labute approximate surface area is 98.9 Å². The van der Waals surface area contributed by atoms with E-state index >= 15 is 0 Å². The predicted molar refractivity (Wildman–Crippen MR) is 64.5 cm³/mol. The summed E-state index contributed by atoms with van der Waals surface area (Å²) >= 11 is 0. The molecule has 2 unspecified atom stereocenters. The summed E-state index contributed by atoms with van der Waals surface area (Å²) in [6.45, 7) is 8.33. The number of hydrogen-bond donors (Lipinski definition) is 1. The number of hydrogen-bond acceptors (Lipinski definition) is 3. The van der Waals surface area contributed by atoms with Gasteiger partial charge in [0.15, 0.2) is 0 Å². The van der Waals surface area contributed by atoms with Gasteiger partial charge >= 0.3 is 0 Å². The third kappa shape index (κ3) is 3.19. The Kier molecular flexibility index (Phi) is 4.62. The van der Waals surface area contributed by atoms with E-state index in [9.17, 15) is 0 Å². The van der Waals surface area contributed by atoms with E-state index in [1.807, 2.05) is 0 Å². The molecule has 0 aliphatic carbocycles. The first-order valence-corrected chi connectivity index (χ1v) is 6.70. The summed E-state index contributed by atoms with van der Waals surface area (Å²) in [5.74, 6) is 1.45. The van der Waals surface area contributed by atoms with Crippen molar-refractivity contribution in [3.05, 3.63) is 0 Å². The summed E-state index contributed by atoms with van der Waals surface area (Å²) in [7, 11) is 0. The van der Waals surface area contributed by atoms with Crippen molar-refractivity contribution in [2.45, 2.75) is 45.3 Å². The van der Waals surface area contributed by atoms with Crippen LogP contribution in [0.3, 0.4) is 0 Å². The zero-order valence-corrected chi connectivity index (χ0v) is 10.6. The fraction of sp³-hybridized carbons (Fsp3) is 1.00. The van der Waals surface area contributed by atoms with Crippen LogP contribution >= 0.6 is 0 Å². The van der Waals surface area contributed by atoms with Crippen molar-refractivity contribution in [1.82, 2.24) is 5.32 Å². The molecule has 0 bridgehead atoms. The highest BCUT2D eigenvalue weighted by atomic mass is 16.5. The maximum atomic E-state index is 5.94. The second-order valence-electron chi connectivity index (χ2n) is 5.40. The zero-order chi connectivity index (χ0) is 11.4. The third-order valence-corrected chi connectivity index (χ3v) is 3.78. The fourth-order valence-electron chi connectivity index (χ4n) is 2.83. The number of rotatable bonds is 4. The van der Waals surface area contributed by atoms with Crippen LogP contribution in [0.25, 0.3) is 0 Å². The van der Waals surface area contributed by atoms with Crippen LogP contribution in [0.2, 0.25) is 0 Å². The highest BCUT2D eigenvalue weighted by Crippen LogP contribution is 2.32. The quantitative estimate of drug-likeness (QED) is 0.794. The molecule has 0 saturated carbocycles. The Balaban J connectivity index is 1.82. The van der Waals surface area contributed by atoms with Gasteiger partial charge < -0.3 is 14.8 Å². The van der Waals surface area contributed by atoms with Gasteiger partial charge in [0.05, 0.1) is 6.10 Å². The average Bonchev–Trinajstić information content (AvgIpc) is 2.75. The van der Waals surface area contributed by atoms with E-state index in [4.69, 9.17) is 9.47 Å². The Hall–Kier alpha value is -0.120. The van der Waals surface area contributed by atoms with Crippen molar-refractivity contribution in [2.24, 2.45) is 11.8 Å². The second-order valence-corrected chi connectivity index (χ2v) is 5.40. The third-order valence-electron chi connectivity index (χ3n) is 3.78. The molecule has 2 heterocycles. The SMILES string of the molecule is CC(C)NCC1CCOC1C1CCOCC1. The zero-order valence-electron chi connectivity index (χ0n) is 10.6. The van der Waals surface area contributed by atoms with E-state index in [2.05, 4.69) is 19.2 Å². The van der Waals surface area contributed by atoms with Gasteiger partial charge in [-0.3, -0.25) is 0 Å². The minimum atomic E-state index is 0.482. The van der Waals surface area contributed by atoms with E-state index in [1.165, 1.54) is 19.3 Å². The lowest BCUT2D eigenvalue weighted by Gasteiger charge is -2.31. The minimum Gasteiger partial charge on any atom is -0.381 e. The van der Waals surface area contributed by atoms with Crippen molar-refractivity contribution in [3.63, 3.8) is 0 Å². The average molecular weight is 227 g/mol. The molecule has 1 N–H and O–H groups in total. The van der Waals surface area contributed by atoms with Crippen LogP contribution in [-0.4, -0.2) is 38.5 Å². The number of ether oxygens (including phenoxy) is 2. The maximum Gasteiger partial charge on any atom is 0.0646 e. The normalized spacial score (nSPS) is 32.4. The van der Waals surface area contributed by atoms with E-state index in [-0.39, 0.29) is 0 Å². The summed E-state index contributed by atoms with van der Waals surface area (Å²) in [6.07, 6.45) is 4.07. The molecule has 0 aromatic heterocycles. The first kappa shape index (κ1) is 12.3. The van der Waals surface area contributed by atoms with Crippen LogP contribution in [-0.2, 0) is 9.47 Å². The molecule has 0 aromatic rings. The first-order chi connectivity index (χ1) is 7.77. The van der Waals surface area contributed by atoms with Gasteiger partial charge in [-0.05, 0) is 25.2 Å². The predicted octanol–water partition coefficient (Wildman–Crippen LogP) is 1.82. The molecule has 0 spiro atoms. The first-order valence-electron chi connectivity index (χ1n) is 6.70. The molecule has 2 saturated heterocycles. The standard InChI is InChI=1S/C13H25NO2/c1-10(2)14-9-12-5-8-16-13(12)11-3-6-15-7-4-11/h10-14H,3-9H2,1-2H3. The molecular weight excluding hydrogens is 202 g/mol. The van der Waals surface area contributed by atoms with Crippen LogP contribution < -0.4 is 5.32 Å². The molecule has 0 radical (unpaired) electrons. The molecule has 2 fully saturated rings. The van der Waals surface area contributed by atoms with Crippen LogP contribution in [0.1, 0.15) is 33.1 Å². The molecule has 3 nitrogen and oxygen atoms in total. The molecule has 3 heteroatoms. The molecule has 2 aliphatic heterocycles.